The molecule has 1 N–H and O–H groups in total. The summed E-state index contributed by atoms with van der Waals surface area (Å²) in [6, 6.07) is 9.15. The van der Waals surface area contributed by atoms with Crippen molar-refractivity contribution in [3.63, 3.8) is 0 Å². The number of hydrogen-bond donors (Lipinski definition) is 1. The molecule has 2 saturated heterocycles. The number of nitrogens with one attached hydrogen (secondary N) is 1. The Kier molecular flexibility index (Phi) is 5.65. The van der Waals surface area contributed by atoms with Crippen LogP contribution in [0, 0.1) is 6.92 Å². The predicted molar refractivity (Wildman–Crippen MR) is 115 cm³/mol. The van der Waals surface area contributed by atoms with Gasteiger partial charge in [-0.2, -0.15) is 0 Å². The highest BCUT2D eigenvalue weighted by Crippen LogP contribution is 2.24. The van der Waals surface area contributed by atoms with Gasteiger partial charge >= 0.3 is 0 Å². The van der Waals surface area contributed by atoms with Crippen LogP contribution in [0.3, 0.4) is 0 Å². The lowest BCUT2D eigenvalue weighted by Gasteiger charge is -2.46. The number of nitrogens with zero attached hydrogens (tertiary/aromatic N) is 3. The maximum atomic E-state index is 12.9. The van der Waals surface area contributed by atoms with Crippen molar-refractivity contribution in [3.05, 3.63) is 29.8 Å². The van der Waals surface area contributed by atoms with Crippen LogP contribution in [-0.2, 0) is 4.79 Å². The van der Waals surface area contributed by atoms with Crippen molar-refractivity contribution >= 4 is 28.9 Å². The fourth-order valence-electron chi connectivity index (χ4n) is 4.31. The Bertz CT molecular complexity index is 720. The van der Waals surface area contributed by atoms with E-state index in [-0.39, 0.29) is 17.5 Å². The summed E-state index contributed by atoms with van der Waals surface area (Å²) in [5, 5.41) is 4.06. The van der Waals surface area contributed by atoms with Gasteiger partial charge in [-0.1, -0.05) is 12.1 Å². The summed E-state index contributed by atoms with van der Waals surface area (Å²) in [6.07, 6.45) is 0.970. The molecule has 2 heterocycles. The van der Waals surface area contributed by atoms with Crippen LogP contribution in [0.25, 0.3) is 0 Å². The van der Waals surface area contributed by atoms with Crippen LogP contribution in [0.5, 0.6) is 0 Å². The minimum Gasteiger partial charge on any atom is -0.365 e. The minimum atomic E-state index is -0.00992. The highest BCUT2D eigenvalue weighted by atomic mass is 32.1. The Morgan fingerprint density at radius 3 is 2.63 bits per heavy atom. The van der Waals surface area contributed by atoms with Crippen LogP contribution in [-0.4, -0.2) is 64.6 Å². The minimum absolute atomic E-state index is 0.00992. The van der Waals surface area contributed by atoms with Gasteiger partial charge in [0.1, 0.15) is 0 Å². The van der Waals surface area contributed by atoms with Crippen LogP contribution in [0.15, 0.2) is 24.3 Å². The van der Waals surface area contributed by atoms with Crippen molar-refractivity contribution in [2.24, 2.45) is 0 Å². The van der Waals surface area contributed by atoms with Gasteiger partial charge in [0.25, 0.3) is 0 Å². The summed E-state index contributed by atoms with van der Waals surface area (Å²) in [4.78, 5) is 19.4. The number of aryl methyl sites for hydroxylation is 1. The maximum absolute atomic E-state index is 12.9. The van der Waals surface area contributed by atoms with Crippen molar-refractivity contribution in [2.75, 3.05) is 31.1 Å². The maximum Gasteiger partial charge on any atom is 0.242 e. The van der Waals surface area contributed by atoms with Crippen molar-refractivity contribution in [2.45, 2.75) is 58.7 Å². The lowest BCUT2D eigenvalue weighted by molar-refractivity contribution is -0.132. The van der Waals surface area contributed by atoms with E-state index in [9.17, 15) is 4.79 Å². The molecule has 0 aliphatic carbocycles. The number of benzene rings is 1. The Morgan fingerprint density at radius 2 is 2.00 bits per heavy atom. The molecule has 2 aliphatic heterocycles. The standard InChI is InChI=1S/C21H32N4OS/c1-15-7-6-8-18(11-15)24-10-9-23(13-17(24)3)19(26)14-25-16(2)12-21(4,5)22-20(25)27/h6-8,11,16-17H,9-10,12-14H2,1-5H3,(H,22,27). The third-order valence-electron chi connectivity index (χ3n) is 5.66. The molecule has 2 fully saturated rings. The summed E-state index contributed by atoms with van der Waals surface area (Å²) in [5.41, 5.74) is 2.50. The Balaban J connectivity index is 1.60. The average molecular weight is 389 g/mol. The summed E-state index contributed by atoms with van der Waals surface area (Å²) >= 11 is 5.53. The number of rotatable bonds is 3. The van der Waals surface area contributed by atoms with E-state index in [1.807, 2.05) is 9.80 Å². The largest absolute Gasteiger partial charge is 0.365 e. The van der Waals surface area contributed by atoms with E-state index in [4.69, 9.17) is 12.2 Å². The van der Waals surface area contributed by atoms with Crippen molar-refractivity contribution < 1.29 is 4.79 Å². The molecular formula is C21H32N4OS. The number of anilines is 1. The fraction of sp³-hybridized carbons (Fsp3) is 0.619. The van der Waals surface area contributed by atoms with Gasteiger partial charge in [0.05, 0.1) is 6.54 Å². The van der Waals surface area contributed by atoms with Crippen LogP contribution in [0.2, 0.25) is 0 Å². The number of carbonyl (C=O) groups excluding carboxylic acids is 1. The van der Waals surface area contributed by atoms with Gasteiger partial charge in [0.15, 0.2) is 5.11 Å². The fourth-order valence-corrected chi connectivity index (χ4v) is 4.83. The summed E-state index contributed by atoms with van der Waals surface area (Å²) < 4.78 is 0. The van der Waals surface area contributed by atoms with Gasteiger partial charge in [-0.3, -0.25) is 4.79 Å². The lowest BCUT2D eigenvalue weighted by Crippen LogP contribution is -2.63. The van der Waals surface area contributed by atoms with E-state index in [0.717, 1.165) is 26.1 Å². The third-order valence-corrected chi connectivity index (χ3v) is 6.00. The molecule has 0 saturated carbocycles. The lowest BCUT2D eigenvalue weighted by atomic mass is 9.93. The van der Waals surface area contributed by atoms with Crippen LogP contribution < -0.4 is 10.2 Å². The Hall–Kier alpha value is -1.82. The molecular weight excluding hydrogens is 356 g/mol. The molecule has 6 heteroatoms. The molecule has 0 spiro atoms. The second-order valence-corrected chi connectivity index (χ2v) is 9.10. The molecule has 2 aliphatic rings. The zero-order valence-electron chi connectivity index (χ0n) is 17.2. The third kappa shape index (κ3) is 4.54. The first-order valence-corrected chi connectivity index (χ1v) is 10.3. The Morgan fingerprint density at radius 1 is 1.26 bits per heavy atom. The van der Waals surface area contributed by atoms with Crippen molar-refractivity contribution in [1.29, 1.82) is 0 Å². The first-order valence-electron chi connectivity index (χ1n) is 9.86. The first-order chi connectivity index (χ1) is 12.7. The quantitative estimate of drug-likeness (QED) is 0.806. The zero-order chi connectivity index (χ0) is 19.8. The molecule has 1 aromatic carbocycles. The molecule has 148 valence electrons. The molecule has 0 aromatic heterocycles. The topological polar surface area (TPSA) is 38.8 Å². The first kappa shape index (κ1) is 19.9. The highest BCUT2D eigenvalue weighted by Gasteiger charge is 2.35. The van der Waals surface area contributed by atoms with E-state index in [0.29, 0.717) is 17.7 Å². The average Bonchev–Trinajstić information content (AvgIpc) is 2.57. The molecule has 3 rings (SSSR count). The second-order valence-electron chi connectivity index (χ2n) is 8.72. The summed E-state index contributed by atoms with van der Waals surface area (Å²) in [5.74, 6) is 0.168. The number of piperazine rings is 1. The molecule has 27 heavy (non-hydrogen) atoms. The smallest absolute Gasteiger partial charge is 0.242 e. The van der Waals surface area contributed by atoms with Crippen LogP contribution in [0.4, 0.5) is 5.69 Å². The summed E-state index contributed by atoms with van der Waals surface area (Å²) in [7, 11) is 0. The van der Waals surface area contributed by atoms with Gasteiger partial charge in [0, 0.05) is 42.9 Å². The molecule has 5 nitrogen and oxygen atoms in total. The van der Waals surface area contributed by atoms with Crippen molar-refractivity contribution in [3.8, 4) is 0 Å². The van der Waals surface area contributed by atoms with Crippen molar-refractivity contribution in [1.82, 2.24) is 15.1 Å². The van der Waals surface area contributed by atoms with Gasteiger partial charge in [-0.25, -0.2) is 0 Å². The number of hydrogen-bond acceptors (Lipinski definition) is 3. The van der Waals surface area contributed by atoms with Gasteiger partial charge < -0.3 is 20.0 Å². The van der Waals surface area contributed by atoms with E-state index in [1.54, 1.807) is 0 Å². The predicted octanol–water partition coefficient (Wildman–Crippen LogP) is 2.78. The van der Waals surface area contributed by atoms with E-state index < -0.39 is 0 Å². The molecule has 0 radical (unpaired) electrons. The molecule has 1 amide bonds. The number of amides is 1. The van der Waals surface area contributed by atoms with Crippen LogP contribution >= 0.6 is 12.2 Å². The van der Waals surface area contributed by atoms with E-state index in [2.05, 4.69) is 69.1 Å². The molecule has 2 unspecified atom stereocenters. The molecule has 2 atom stereocenters. The molecule has 1 aromatic rings. The Labute approximate surface area is 168 Å². The van der Waals surface area contributed by atoms with Gasteiger partial charge in [-0.15, -0.1) is 0 Å². The van der Waals surface area contributed by atoms with Gasteiger partial charge in [-0.05, 0) is 71.0 Å². The number of thiocarbonyl (C=S) groups is 1. The summed E-state index contributed by atoms with van der Waals surface area (Å²) in [6.45, 7) is 13.5. The van der Waals surface area contributed by atoms with E-state index >= 15 is 0 Å². The highest BCUT2D eigenvalue weighted by molar-refractivity contribution is 7.80. The van der Waals surface area contributed by atoms with Crippen LogP contribution in [0.1, 0.15) is 39.7 Å². The van der Waals surface area contributed by atoms with Gasteiger partial charge in [0.2, 0.25) is 5.91 Å². The zero-order valence-corrected chi connectivity index (χ0v) is 18.0. The SMILES string of the molecule is Cc1cccc(N2CCN(C(=O)CN3C(=S)NC(C)(C)CC3C)CC2C)c1. The second kappa shape index (κ2) is 7.66. The number of carbonyl (C=O) groups is 1. The normalized spacial score (nSPS) is 25.4. The van der Waals surface area contributed by atoms with E-state index in [1.165, 1.54) is 11.3 Å². The molecule has 0 bridgehead atoms. The monoisotopic (exact) mass is 388 g/mol.